The predicted octanol–water partition coefficient (Wildman–Crippen LogP) is 2.07. The number of rotatable bonds is 9. The second-order valence-electron chi connectivity index (χ2n) is 7.79. The fourth-order valence-corrected chi connectivity index (χ4v) is 4.14. The zero-order valence-electron chi connectivity index (χ0n) is 17.7. The Balaban J connectivity index is 1.53. The number of urea groups is 1. The number of nitrogens with one attached hydrogen (secondary N) is 2. The van der Waals surface area contributed by atoms with E-state index < -0.39 is 6.03 Å². The lowest BCUT2D eigenvalue weighted by atomic mass is 9.76. The first-order chi connectivity index (χ1) is 14.5. The molecule has 0 spiro atoms. The average molecular weight is 418 g/mol. The summed E-state index contributed by atoms with van der Waals surface area (Å²) in [6, 6.07) is 6.63. The van der Waals surface area contributed by atoms with Crippen molar-refractivity contribution in [3.8, 4) is 5.75 Å². The van der Waals surface area contributed by atoms with E-state index in [1.54, 1.807) is 7.11 Å². The fraction of sp³-hybridized carbons (Fsp3) is 0.591. The Morgan fingerprint density at radius 2 is 2.00 bits per heavy atom. The summed E-state index contributed by atoms with van der Waals surface area (Å²) < 4.78 is 10.4. The maximum absolute atomic E-state index is 13.0. The highest BCUT2D eigenvalue weighted by atomic mass is 16.5. The van der Waals surface area contributed by atoms with Gasteiger partial charge in [-0.3, -0.25) is 14.5 Å². The molecule has 1 aromatic rings. The van der Waals surface area contributed by atoms with Crippen molar-refractivity contribution in [3.05, 3.63) is 29.8 Å². The van der Waals surface area contributed by atoms with Gasteiger partial charge in [0.2, 0.25) is 11.8 Å². The largest absolute Gasteiger partial charge is 0.497 e. The lowest BCUT2D eigenvalue weighted by molar-refractivity contribution is -0.139. The maximum Gasteiger partial charge on any atom is 0.324 e. The Labute approximate surface area is 177 Å². The lowest BCUT2D eigenvalue weighted by Gasteiger charge is -2.42. The van der Waals surface area contributed by atoms with Gasteiger partial charge in [-0.1, -0.05) is 12.1 Å². The average Bonchev–Trinajstić information content (AvgIpc) is 2.76. The highest BCUT2D eigenvalue weighted by Crippen LogP contribution is 2.33. The number of imide groups is 1. The Kier molecular flexibility index (Phi) is 7.68. The second-order valence-corrected chi connectivity index (χ2v) is 7.79. The monoisotopic (exact) mass is 417 g/mol. The summed E-state index contributed by atoms with van der Waals surface area (Å²) >= 11 is 0. The normalized spacial score (nSPS) is 23.5. The van der Waals surface area contributed by atoms with Crippen molar-refractivity contribution in [2.24, 2.45) is 11.8 Å². The number of methoxy groups -OCH3 is 1. The molecule has 1 saturated heterocycles. The standard InChI is InChI=1S/C22H31N3O5/c1-3-30-12-4-11-23-20(26)16-7-10-18-19(13-16)24-22(28)25(21(18)27)14-15-5-8-17(29-2)9-6-15/h5-6,8-9,16,18-19H,3-4,7,10-14H2,1-2H3,(H,23,26)(H,24,28). The molecule has 1 aliphatic carbocycles. The Morgan fingerprint density at radius 1 is 1.23 bits per heavy atom. The van der Waals surface area contributed by atoms with E-state index in [0.717, 1.165) is 17.7 Å². The minimum absolute atomic E-state index is 0.00712. The zero-order valence-corrected chi connectivity index (χ0v) is 17.7. The molecule has 4 amide bonds. The van der Waals surface area contributed by atoms with Crippen LogP contribution in [0.25, 0.3) is 0 Å². The van der Waals surface area contributed by atoms with Crippen LogP contribution in [0, 0.1) is 11.8 Å². The molecule has 1 saturated carbocycles. The summed E-state index contributed by atoms with van der Waals surface area (Å²) in [5.41, 5.74) is 0.859. The smallest absolute Gasteiger partial charge is 0.324 e. The van der Waals surface area contributed by atoms with E-state index in [-0.39, 0.29) is 36.2 Å². The number of carbonyl (C=O) groups excluding carboxylic acids is 3. The summed E-state index contributed by atoms with van der Waals surface area (Å²) in [6.07, 6.45) is 2.51. The molecule has 164 valence electrons. The maximum atomic E-state index is 13.0. The summed E-state index contributed by atoms with van der Waals surface area (Å²) in [7, 11) is 1.59. The number of ether oxygens (including phenoxy) is 2. The molecule has 2 aliphatic rings. The van der Waals surface area contributed by atoms with Crippen molar-refractivity contribution in [3.63, 3.8) is 0 Å². The summed E-state index contributed by atoms with van der Waals surface area (Å²) in [4.78, 5) is 39.3. The zero-order chi connectivity index (χ0) is 21.5. The molecule has 0 bridgehead atoms. The van der Waals surface area contributed by atoms with Crippen LogP contribution in [0.2, 0.25) is 0 Å². The van der Waals surface area contributed by atoms with Crippen LogP contribution in [0.4, 0.5) is 4.79 Å². The predicted molar refractivity (Wildman–Crippen MR) is 111 cm³/mol. The molecule has 30 heavy (non-hydrogen) atoms. The molecule has 3 atom stereocenters. The van der Waals surface area contributed by atoms with Crippen molar-refractivity contribution < 1.29 is 23.9 Å². The minimum Gasteiger partial charge on any atom is -0.497 e. The number of benzene rings is 1. The van der Waals surface area contributed by atoms with Crippen LogP contribution in [-0.2, 0) is 20.9 Å². The molecule has 1 aromatic carbocycles. The van der Waals surface area contributed by atoms with Gasteiger partial charge >= 0.3 is 6.03 Å². The van der Waals surface area contributed by atoms with Crippen LogP contribution in [0.15, 0.2) is 24.3 Å². The van der Waals surface area contributed by atoms with Crippen molar-refractivity contribution >= 4 is 17.8 Å². The molecule has 1 aliphatic heterocycles. The number of amides is 4. The van der Waals surface area contributed by atoms with Crippen LogP contribution < -0.4 is 15.4 Å². The Bertz CT molecular complexity index is 752. The van der Waals surface area contributed by atoms with E-state index in [1.807, 2.05) is 31.2 Å². The molecule has 2 N–H and O–H groups in total. The molecule has 2 fully saturated rings. The van der Waals surface area contributed by atoms with Gasteiger partial charge in [0.25, 0.3) is 0 Å². The van der Waals surface area contributed by atoms with Gasteiger partial charge < -0.3 is 20.1 Å². The van der Waals surface area contributed by atoms with Gasteiger partial charge in [-0.05, 0) is 50.3 Å². The van der Waals surface area contributed by atoms with Crippen LogP contribution in [0.1, 0.15) is 38.2 Å². The van der Waals surface area contributed by atoms with Crippen molar-refractivity contribution in [2.75, 3.05) is 26.9 Å². The molecule has 3 rings (SSSR count). The lowest BCUT2D eigenvalue weighted by Crippen LogP contribution is -2.61. The fourth-order valence-electron chi connectivity index (χ4n) is 4.14. The number of nitrogens with zero attached hydrogens (tertiary/aromatic N) is 1. The van der Waals surface area contributed by atoms with E-state index in [0.29, 0.717) is 39.0 Å². The van der Waals surface area contributed by atoms with Gasteiger partial charge in [-0.2, -0.15) is 0 Å². The van der Waals surface area contributed by atoms with Crippen LogP contribution >= 0.6 is 0 Å². The van der Waals surface area contributed by atoms with Gasteiger partial charge in [-0.15, -0.1) is 0 Å². The van der Waals surface area contributed by atoms with Crippen molar-refractivity contribution in [2.45, 2.75) is 45.2 Å². The molecule has 8 heteroatoms. The third-order valence-corrected chi connectivity index (χ3v) is 5.83. The second kappa shape index (κ2) is 10.4. The van der Waals surface area contributed by atoms with E-state index in [2.05, 4.69) is 10.6 Å². The first-order valence-electron chi connectivity index (χ1n) is 10.6. The molecule has 0 radical (unpaired) electrons. The molecule has 8 nitrogen and oxygen atoms in total. The van der Waals surface area contributed by atoms with E-state index in [1.165, 1.54) is 4.90 Å². The quantitative estimate of drug-likeness (QED) is 0.600. The highest BCUT2D eigenvalue weighted by molar-refractivity contribution is 5.99. The number of hydrogen-bond acceptors (Lipinski definition) is 5. The van der Waals surface area contributed by atoms with Gasteiger partial charge in [0.15, 0.2) is 0 Å². The molecular weight excluding hydrogens is 386 g/mol. The van der Waals surface area contributed by atoms with Crippen LogP contribution in [0.5, 0.6) is 5.75 Å². The van der Waals surface area contributed by atoms with E-state index in [9.17, 15) is 14.4 Å². The van der Waals surface area contributed by atoms with Gasteiger partial charge in [0.05, 0.1) is 19.6 Å². The van der Waals surface area contributed by atoms with Gasteiger partial charge in [0.1, 0.15) is 5.75 Å². The SMILES string of the molecule is CCOCCCNC(=O)C1CCC2C(=O)N(Cc3ccc(OC)cc3)C(=O)NC2C1. The first kappa shape index (κ1) is 22.1. The number of hydrogen-bond donors (Lipinski definition) is 2. The van der Waals surface area contributed by atoms with E-state index >= 15 is 0 Å². The molecule has 1 heterocycles. The number of carbonyl (C=O) groups is 3. The van der Waals surface area contributed by atoms with Gasteiger partial charge in [-0.25, -0.2) is 4.79 Å². The molecular formula is C22H31N3O5. The topological polar surface area (TPSA) is 97.0 Å². The summed E-state index contributed by atoms with van der Waals surface area (Å²) in [6.45, 7) is 4.03. The Morgan fingerprint density at radius 3 is 2.70 bits per heavy atom. The summed E-state index contributed by atoms with van der Waals surface area (Å²) in [5, 5.41) is 5.89. The summed E-state index contributed by atoms with van der Waals surface area (Å²) in [5.74, 6) is 0.104. The van der Waals surface area contributed by atoms with Gasteiger partial charge in [0, 0.05) is 31.7 Å². The Hall–Kier alpha value is -2.61. The van der Waals surface area contributed by atoms with E-state index in [4.69, 9.17) is 9.47 Å². The number of fused-ring (bicyclic) bond motifs is 1. The molecule has 3 unspecified atom stereocenters. The third-order valence-electron chi connectivity index (χ3n) is 5.83. The first-order valence-corrected chi connectivity index (χ1v) is 10.6. The van der Waals surface area contributed by atoms with Crippen LogP contribution in [-0.4, -0.2) is 55.7 Å². The van der Waals surface area contributed by atoms with Crippen LogP contribution in [0.3, 0.4) is 0 Å². The minimum atomic E-state index is -0.394. The third kappa shape index (κ3) is 5.30. The highest BCUT2D eigenvalue weighted by Gasteiger charge is 2.45. The molecule has 0 aromatic heterocycles. The van der Waals surface area contributed by atoms with Crippen molar-refractivity contribution in [1.29, 1.82) is 0 Å². The van der Waals surface area contributed by atoms with Crippen molar-refractivity contribution in [1.82, 2.24) is 15.5 Å².